The van der Waals surface area contributed by atoms with Crippen LogP contribution in [0.2, 0.25) is 0 Å². The van der Waals surface area contributed by atoms with Crippen LogP contribution in [0.3, 0.4) is 0 Å². The molecule has 1 amide bonds. The van der Waals surface area contributed by atoms with Crippen molar-refractivity contribution in [2.24, 2.45) is 0 Å². The van der Waals surface area contributed by atoms with Gasteiger partial charge in [0.25, 0.3) is 0 Å². The molecule has 0 atom stereocenters. The third kappa shape index (κ3) is 13.3. The third-order valence-electron chi connectivity index (χ3n) is 2.40. The van der Waals surface area contributed by atoms with Gasteiger partial charge in [-0.25, -0.2) is 9.59 Å². The number of benzene rings is 1. The van der Waals surface area contributed by atoms with Gasteiger partial charge in [-0.3, -0.25) is 4.79 Å². The summed E-state index contributed by atoms with van der Waals surface area (Å²) in [5.74, 6) is -3.05. The first-order chi connectivity index (χ1) is 10.8. The van der Waals surface area contributed by atoms with Crippen molar-refractivity contribution in [3.05, 3.63) is 30.3 Å². The van der Waals surface area contributed by atoms with E-state index >= 15 is 0 Å². The minimum atomic E-state index is -1.82. The van der Waals surface area contributed by atoms with Gasteiger partial charge < -0.3 is 20.4 Å². The fourth-order valence-electron chi connectivity index (χ4n) is 1.34. The number of carbonyl (C=O) groups excluding carboxylic acids is 1. The Morgan fingerprint density at radius 1 is 1.09 bits per heavy atom. The molecule has 0 heterocycles. The van der Waals surface area contributed by atoms with Crippen molar-refractivity contribution >= 4 is 29.6 Å². The van der Waals surface area contributed by atoms with Crippen LogP contribution in [0.4, 0.5) is 0 Å². The normalized spacial score (nSPS) is 9.70. The number of carboxylic acid groups (broad SMARTS) is 2. The lowest BCUT2D eigenvalue weighted by Crippen LogP contribution is -2.28. The Bertz CT molecular complexity index is 482. The Labute approximate surface area is 139 Å². The van der Waals surface area contributed by atoms with Gasteiger partial charge in [-0.2, -0.15) is 0 Å². The standard InChI is InChI=1S/C13H20N2OS.C2H2O4/c1-15(2)10-6-9-14-13(16)11-17-12-7-4-3-5-8-12;3-1(4)2(5)6/h3-5,7-8H,6,9-11H2,1-2H3,(H,14,16);(H,3,4)(H,5,6). The predicted octanol–water partition coefficient (Wildman–Crippen LogP) is 1.00. The molecule has 0 saturated heterocycles. The summed E-state index contributed by atoms with van der Waals surface area (Å²) in [6, 6.07) is 9.98. The quantitative estimate of drug-likeness (QED) is 0.385. The number of thioether (sulfide) groups is 1. The number of nitrogens with zero attached hydrogens (tertiary/aromatic N) is 1. The number of hydrogen-bond acceptors (Lipinski definition) is 5. The Morgan fingerprint density at radius 2 is 1.65 bits per heavy atom. The molecule has 0 radical (unpaired) electrons. The lowest BCUT2D eigenvalue weighted by Gasteiger charge is -2.09. The maximum Gasteiger partial charge on any atom is 0.414 e. The minimum absolute atomic E-state index is 0.109. The lowest BCUT2D eigenvalue weighted by molar-refractivity contribution is -0.159. The highest BCUT2D eigenvalue weighted by Crippen LogP contribution is 2.15. The van der Waals surface area contributed by atoms with Crippen LogP contribution in [-0.2, 0) is 14.4 Å². The molecule has 0 aliphatic rings. The molecule has 0 aliphatic heterocycles. The van der Waals surface area contributed by atoms with Crippen LogP contribution in [0.1, 0.15) is 6.42 Å². The second-order valence-corrected chi connectivity index (χ2v) is 5.77. The van der Waals surface area contributed by atoms with Crippen LogP contribution < -0.4 is 5.32 Å². The zero-order chi connectivity index (χ0) is 17.7. The monoisotopic (exact) mass is 342 g/mol. The number of rotatable bonds is 7. The molecule has 128 valence electrons. The Balaban J connectivity index is 0.000000688. The Hall–Kier alpha value is -2.06. The summed E-state index contributed by atoms with van der Waals surface area (Å²) in [6.07, 6.45) is 0.995. The zero-order valence-electron chi connectivity index (χ0n) is 13.2. The molecule has 0 unspecified atom stereocenters. The zero-order valence-corrected chi connectivity index (χ0v) is 14.0. The first kappa shape index (κ1) is 20.9. The molecule has 23 heavy (non-hydrogen) atoms. The summed E-state index contributed by atoms with van der Waals surface area (Å²) in [5, 5.41) is 17.7. The molecule has 3 N–H and O–H groups in total. The fourth-order valence-corrected chi connectivity index (χ4v) is 2.09. The van der Waals surface area contributed by atoms with Gasteiger partial charge >= 0.3 is 11.9 Å². The highest BCUT2D eigenvalue weighted by atomic mass is 32.2. The number of carboxylic acids is 2. The molecule has 0 spiro atoms. The van der Waals surface area contributed by atoms with Crippen molar-refractivity contribution < 1.29 is 24.6 Å². The summed E-state index contributed by atoms with van der Waals surface area (Å²) in [5.41, 5.74) is 0. The van der Waals surface area contributed by atoms with E-state index in [1.54, 1.807) is 11.8 Å². The molecule has 0 aliphatic carbocycles. The van der Waals surface area contributed by atoms with Gasteiger partial charge in [0.15, 0.2) is 0 Å². The summed E-state index contributed by atoms with van der Waals surface area (Å²) in [4.78, 5) is 33.0. The number of nitrogens with one attached hydrogen (secondary N) is 1. The highest BCUT2D eigenvalue weighted by Gasteiger charge is 2.04. The van der Waals surface area contributed by atoms with E-state index in [0.29, 0.717) is 5.75 Å². The second-order valence-electron chi connectivity index (χ2n) is 4.72. The smallest absolute Gasteiger partial charge is 0.414 e. The van der Waals surface area contributed by atoms with Crippen molar-refractivity contribution in [3.8, 4) is 0 Å². The van der Waals surface area contributed by atoms with Crippen LogP contribution in [0.25, 0.3) is 0 Å². The molecular weight excluding hydrogens is 320 g/mol. The van der Waals surface area contributed by atoms with E-state index in [-0.39, 0.29) is 5.91 Å². The number of aliphatic carboxylic acids is 2. The van der Waals surface area contributed by atoms with Gasteiger partial charge in [0.2, 0.25) is 5.91 Å². The van der Waals surface area contributed by atoms with Crippen molar-refractivity contribution in [1.82, 2.24) is 10.2 Å². The second kappa shape index (κ2) is 12.5. The van der Waals surface area contributed by atoms with E-state index in [1.165, 1.54) is 0 Å². The van der Waals surface area contributed by atoms with Gasteiger partial charge in [-0.05, 0) is 39.2 Å². The first-order valence-corrected chi connectivity index (χ1v) is 7.87. The molecule has 1 rings (SSSR count). The first-order valence-electron chi connectivity index (χ1n) is 6.88. The summed E-state index contributed by atoms with van der Waals surface area (Å²) in [6.45, 7) is 1.76. The largest absolute Gasteiger partial charge is 0.473 e. The van der Waals surface area contributed by atoms with Crippen molar-refractivity contribution in [2.45, 2.75) is 11.3 Å². The van der Waals surface area contributed by atoms with E-state index < -0.39 is 11.9 Å². The number of carbonyl (C=O) groups is 3. The van der Waals surface area contributed by atoms with Crippen LogP contribution in [0, 0.1) is 0 Å². The van der Waals surface area contributed by atoms with E-state index in [4.69, 9.17) is 19.8 Å². The molecule has 1 aromatic carbocycles. The van der Waals surface area contributed by atoms with Gasteiger partial charge in [-0.1, -0.05) is 18.2 Å². The Kier molecular flexibility index (Phi) is 11.4. The van der Waals surface area contributed by atoms with E-state index in [1.807, 2.05) is 44.4 Å². The molecule has 0 bridgehead atoms. The topological polar surface area (TPSA) is 107 Å². The van der Waals surface area contributed by atoms with Crippen LogP contribution in [0.5, 0.6) is 0 Å². The molecule has 0 fully saturated rings. The van der Waals surface area contributed by atoms with E-state index in [0.717, 1.165) is 24.4 Å². The molecule has 7 nitrogen and oxygen atoms in total. The van der Waals surface area contributed by atoms with Crippen LogP contribution in [0.15, 0.2) is 35.2 Å². The molecule has 1 aromatic rings. The van der Waals surface area contributed by atoms with Crippen molar-refractivity contribution in [2.75, 3.05) is 32.9 Å². The summed E-state index contributed by atoms with van der Waals surface area (Å²) in [7, 11) is 4.07. The van der Waals surface area contributed by atoms with Gasteiger partial charge in [0.05, 0.1) is 5.75 Å². The van der Waals surface area contributed by atoms with E-state index in [2.05, 4.69) is 10.2 Å². The SMILES string of the molecule is CN(C)CCCNC(=O)CSc1ccccc1.O=C(O)C(=O)O. The van der Waals surface area contributed by atoms with Crippen molar-refractivity contribution in [3.63, 3.8) is 0 Å². The lowest BCUT2D eigenvalue weighted by atomic mass is 10.4. The van der Waals surface area contributed by atoms with Crippen LogP contribution in [-0.4, -0.2) is 65.9 Å². The number of hydrogen-bond donors (Lipinski definition) is 3. The van der Waals surface area contributed by atoms with Gasteiger partial charge in [0, 0.05) is 11.4 Å². The maximum absolute atomic E-state index is 11.5. The maximum atomic E-state index is 11.5. The van der Waals surface area contributed by atoms with Gasteiger partial charge in [0.1, 0.15) is 0 Å². The molecule has 0 aromatic heterocycles. The molecular formula is C15H22N2O5S. The summed E-state index contributed by atoms with van der Waals surface area (Å²) >= 11 is 1.57. The average Bonchev–Trinajstić information content (AvgIpc) is 2.51. The summed E-state index contributed by atoms with van der Waals surface area (Å²) < 4.78 is 0. The predicted molar refractivity (Wildman–Crippen MR) is 88.6 cm³/mol. The fraction of sp³-hybridized carbons (Fsp3) is 0.400. The Morgan fingerprint density at radius 3 is 2.13 bits per heavy atom. The third-order valence-corrected chi connectivity index (χ3v) is 3.41. The van der Waals surface area contributed by atoms with E-state index in [9.17, 15) is 4.79 Å². The minimum Gasteiger partial charge on any atom is -0.473 e. The molecule has 0 saturated carbocycles. The van der Waals surface area contributed by atoms with Gasteiger partial charge in [-0.15, -0.1) is 11.8 Å². The highest BCUT2D eigenvalue weighted by molar-refractivity contribution is 8.00. The van der Waals surface area contributed by atoms with Crippen molar-refractivity contribution in [1.29, 1.82) is 0 Å². The average molecular weight is 342 g/mol. The molecule has 8 heteroatoms. The number of amides is 1. The van der Waals surface area contributed by atoms with Crippen LogP contribution >= 0.6 is 11.8 Å².